The summed E-state index contributed by atoms with van der Waals surface area (Å²) in [5, 5.41) is 0. The zero-order valence-corrected chi connectivity index (χ0v) is 41.6. The van der Waals surface area contributed by atoms with E-state index in [2.05, 4.69) is 0 Å². The second-order valence-corrected chi connectivity index (χ2v) is 23.0. The molecule has 0 N–H and O–H groups in total. The first-order chi connectivity index (χ1) is 34.1. The van der Waals surface area contributed by atoms with Gasteiger partial charge in [-0.25, -0.2) is 9.59 Å². The van der Waals surface area contributed by atoms with Crippen molar-refractivity contribution in [3.05, 3.63) is 54.1 Å². The van der Waals surface area contributed by atoms with Crippen LogP contribution in [0, 0.1) is 0 Å². The van der Waals surface area contributed by atoms with E-state index >= 15 is 0 Å². The minimum absolute atomic E-state index is 0.193. The van der Waals surface area contributed by atoms with Crippen LogP contribution >= 0.6 is 0 Å². The molecule has 0 radical (unpaired) electrons. The summed E-state index contributed by atoms with van der Waals surface area (Å²) in [6.45, 7) is 7.54. The molecule has 0 amide bonds. The van der Waals surface area contributed by atoms with Crippen molar-refractivity contribution in [1.29, 1.82) is 0 Å². The fraction of sp³-hybridized carbons (Fsp3) is 0.705. The second-order valence-electron chi connectivity index (χ2n) is 18.1. The lowest BCUT2D eigenvalue weighted by Crippen LogP contribution is -2.70. The van der Waals surface area contributed by atoms with Gasteiger partial charge in [0.2, 0.25) is 0 Å². The molecule has 0 saturated heterocycles. The summed E-state index contributed by atoms with van der Waals surface area (Å²) in [6.07, 6.45) is -25.2. The number of carbonyl (C=O) groups excluding carboxylic acids is 3. The van der Waals surface area contributed by atoms with Gasteiger partial charge in [-0.05, 0) is 74.2 Å². The van der Waals surface area contributed by atoms with Crippen LogP contribution in [-0.2, 0) is 44.4 Å². The van der Waals surface area contributed by atoms with Gasteiger partial charge >= 0.3 is 77.6 Å². The lowest BCUT2D eigenvalue weighted by Gasteiger charge is -2.43. The van der Waals surface area contributed by atoms with Crippen LogP contribution in [0.15, 0.2) is 48.6 Å². The molecule has 0 fully saturated rings. The first-order valence-corrected chi connectivity index (χ1v) is 24.5. The average Bonchev–Trinajstić information content (AvgIpc) is 3.26. The Labute approximate surface area is 419 Å². The number of halogens is 22. The number of carbonyl (C=O) groups is 3. The molecule has 0 aromatic heterocycles. The molecule has 1 aliphatic rings. The summed E-state index contributed by atoms with van der Waals surface area (Å²) >= 11 is 0. The molecule has 9 nitrogen and oxygen atoms in total. The molecule has 0 unspecified atom stereocenters. The fourth-order valence-electron chi connectivity index (χ4n) is 7.18. The van der Waals surface area contributed by atoms with Crippen LogP contribution in [0.2, 0.25) is 17.1 Å². The molecule has 0 aliphatic carbocycles. The van der Waals surface area contributed by atoms with Gasteiger partial charge in [-0.15, -0.1) is 0 Å². The highest BCUT2D eigenvalue weighted by Gasteiger charge is 2.90. The summed E-state index contributed by atoms with van der Waals surface area (Å²) < 4.78 is 332. The summed E-state index contributed by atoms with van der Waals surface area (Å²) in [4.78, 5) is 38.9. The van der Waals surface area contributed by atoms with Crippen molar-refractivity contribution >= 4 is 26.2 Å². The second kappa shape index (κ2) is 24.3. The number of alkyl halides is 22. The zero-order chi connectivity index (χ0) is 59.3. The number of esters is 3. The third-order valence-electron chi connectivity index (χ3n) is 11.8. The predicted molar refractivity (Wildman–Crippen MR) is 221 cm³/mol. The Morgan fingerprint density at radius 1 is 0.553 bits per heavy atom. The topological polar surface area (TPSA) is 107 Å². The van der Waals surface area contributed by atoms with Crippen molar-refractivity contribution < 1.29 is 139 Å². The van der Waals surface area contributed by atoms with E-state index in [9.17, 15) is 111 Å². The third kappa shape index (κ3) is 14.8. The largest absolute Gasteiger partial charge is 0.494 e. The highest BCUT2D eigenvalue weighted by molar-refractivity contribution is 6.76. The Kier molecular flexibility index (Phi) is 21.6. The van der Waals surface area contributed by atoms with Crippen LogP contribution in [0.25, 0.3) is 0 Å². The van der Waals surface area contributed by atoms with Gasteiger partial charge in [-0.2, -0.15) is 96.6 Å². The maximum Gasteiger partial charge on any atom is 0.460 e. The molecule has 0 bridgehead atoms. The van der Waals surface area contributed by atoms with Gasteiger partial charge in [0, 0.05) is 25.0 Å². The first-order valence-electron chi connectivity index (χ1n) is 22.2. The summed E-state index contributed by atoms with van der Waals surface area (Å²) in [6, 6.07) is 3.34. The van der Waals surface area contributed by atoms with E-state index in [1.807, 2.05) is 0 Å². The number of hydrogen-bond acceptors (Lipinski definition) is 9. The molecular weight excluding hydrogens is 1120 g/mol. The molecule has 438 valence electrons. The van der Waals surface area contributed by atoms with Crippen molar-refractivity contribution in [3.63, 3.8) is 0 Å². The number of rotatable bonds is 21. The quantitative estimate of drug-likeness (QED) is 0.0391. The van der Waals surface area contributed by atoms with E-state index in [1.54, 1.807) is 0 Å². The van der Waals surface area contributed by atoms with E-state index < -0.39 is 173 Å². The molecule has 1 aliphatic heterocycles. The SMILES string of the molecule is CC(C)[Si](CCC(F)(F)C(F)(F)C(F)(F)C(F)(F)F)(O[C@H]1C=CC(=O)O[C@@H](C)CC(=O)O[C@H](C)[C@@H](OCc2ccc(OCCCC(F)(F)C(F)(F)C(F)(F)C(F)(F)C(F)(F)C(F)(F)F)cc2)C=CC(=O)O[C@H]1C)C(C)C. The fourth-order valence-corrected chi connectivity index (χ4v) is 11.8. The molecule has 76 heavy (non-hydrogen) atoms. The van der Waals surface area contributed by atoms with Gasteiger partial charge in [0.05, 0.1) is 19.6 Å². The van der Waals surface area contributed by atoms with E-state index in [0.29, 0.717) is 6.08 Å². The van der Waals surface area contributed by atoms with Crippen LogP contribution in [-0.4, -0.2) is 123 Å². The maximum atomic E-state index is 14.9. The molecule has 1 heterocycles. The van der Waals surface area contributed by atoms with Crippen LogP contribution in [0.5, 0.6) is 5.75 Å². The van der Waals surface area contributed by atoms with Gasteiger partial charge in [0.15, 0.2) is 8.32 Å². The van der Waals surface area contributed by atoms with Crippen molar-refractivity contribution in [3.8, 4) is 5.75 Å². The average molecular weight is 1170 g/mol. The Morgan fingerprint density at radius 2 is 0.974 bits per heavy atom. The van der Waals surface area contributed by atoms with Gasteiger partial charge in [0.25, 0.3) is 0 Å². The van der Waals surface area contributed by atoms with Crippen LogP contribution in [0.3, 0.4) is 0 Å². The zero-order valence-electron chi connectivity index (χ0n) is 40.6. The van der Waals surface area contributed by atoms with Crippen LogP contribution in [0.4, 0.5) is 96.6 Å². The Morgan fingerprint density at radius 3 is 1.46 bits per heavy atom. The maximum absolute atomic E-state index is 14.9. The highest BCUT2D eigenvalue weighted by atomic mass is 28.4. The Balaban J connectivity index is 2.34. The van der Waals surface area contributed by atoms with Crippen molar-refractivity contribution in [2.45, 2.75) is 188 Å². The van der Waals surface area contributed by atoms with Crippen molar-refractivity contribution in [2.75, 3.05) is 6.61 Å². The molecule has 0 spiro atoms. The number of benzene rings is 1. The standard InChI is InChI=1S/C44H50F22O9Si/c1-23(2)76(24(3)4,20-18-36(47,48)38(51,52)41(57,58)43(61,62)63)75-31-14-16-32(67)72-25(5)21-34(69)74-26(6)30(13-15-33(68)73-27(31)7)71-22-28-9-11-29(12-10-28)70-19-8-17-35(45,46)37(49,50)39(53,54)40(55,56)42(59,60)44(64,65)66/h9-16,23-27,30-31H,8,17-22H2,1-7H3/t25-,26+,27-,30-,31-/m0/s1. The normalized spacial score (nSPS) is 21.5. The van der Waals surface area contributed by atoms with Crippen molar-refractivity contribution in [2.24, 2.45) is 0 Å². The molecule has 32 heteroatoms. The van der Waals surface area contributed by atoms with Gasteiger partial charge in [0.1, 0.15) is 36.3 Å². The van der Waals surface area contributed by atoms with Crippen LogP contribution < -0.4 is 4.74 Å². The van der Waals surface area contributed by atoms with Gasteiger partial charge in [-0.3, -0.25) is 4.79 Å². The Hall–Kier alpha value is -4.49. The molecule has 5 atom stereocenters. The van der Waals surface area contributed by atoms with Gasteiger partial charge in [-0.1, -0.05) is 39.8 Å². The minimum atomic E-state index is -8.05. The minimum Gasteiger partial charge on any atom is -0.494 e. The number of hydrogen-bond donors (Lipinski definition) is 0. The predicted octanol–water partition coefficient (Wildman–Crippen LogP) is 13.8. The lowest BCUT2D eigenvalue weighted by molar-refractivity contribution is -0.440. The lowest BCUT2D eigenvalue weighted by atomic mass is 9.92. The number of cyclic esters (lactones) is 3. The third-order valence-corrected chi connectivity index (χ3v) is 17.4. The van der Waals surface area contributed by atoms with E-state index in [1.165, 1.54) is 53.7 Å². The highest BCUT2D eigenvalue weighted by Crippen LogP contribution is 2.61. The summed E-state index contributed by atoms with van der Waals surface area (Å²) in [5.41, 5.74) is -1.62. The van der Waals surface area contributed by atoms with Gasteiger partial charge < -0.3 is 28.1 Å². The molecule has 0 saturated carbocycles. The summed E-state index contributed by atoms with van der Waals surface area (Å²) in [5.74, 6) is -61.4. The molecule has 1 aromatic rings. The summed E-state index contributed by atoms with van der Waals surface area (Å²) in [7, 11) is -4.16. The smallest absolute Gasteiger partial charge is 0.460 e. The molecule has 2 rings (SSSR count). The monoisotopic (exact) mass is 1170 g/mol. The number of ether oxygens (including phenoxy) is 5. The Bertz CT molecular complexity index is 2150. The molecule has 1 aromatic carbocycles. The van der Waals surface area contributed by atoms with E-state index in [0.717, 1.165) is 37.3 Å². The van der Waals surface area contributed by atoms with Crippen LogP contribution in [0.1, 0.15) is 79.7 Å². The first kappa shape index (κ1) is 67.6. The van der Waals surface area contributed by atoms with Crippen molar-refractivity contribution in [1.82, 2.24) is 0 Å². The van der Waals surface area contributed by atoms with E-state index in [4.69, 9.17) is 28.1 Å². The van der Waals surface area contributed by atoms with E-state index in [-0.39, 0.29) is 11.3 Å². The molecular formula is C44H50F22O9Si.